The van der Waals surface area contributed by atoms with E-state index in [0.29, 0.717) is 6.42 Å². The number of benzene rings is 3. The van der Waals surface area contributed by atoms with Crippen molar-refractivity contribution in [2.75, 3.05) is 5.32 Å². The lowest BCUT2D eigenvalue weighted by molar-refractivity contribution is -0.115. The molecule has 5 aromatic rings. The molecule has 6 rings (SSSR count). The van der Waals surface area contributed by atoms with E-state index in [0.717, 1.165) is 24.2 Å². The van der Waals surface area contributed by atoms with Gasteiger partial charge in [-0.25, -0.2) is 0 Å². The van der Waals surface area contributed by atoms with E-state index in [2.05, 4.69) is 109 Å². The van der Waals surface area contributed by atoms with E-state index in [9.17, 15) is 4.79 Å². The number of hydrogen-bond acceptors (Lipinski definition) is 2. The average molecular weight is 488 g/mol. The van der Waals surface area contributed by atoms with E-state index in [-0.39, 0.29) is 17.6 Å². The van der Waals surface area contributed by atoms with Crippen LogP contribution in [0, 0.1) is 13.8 Å². The molecular weight excluding hydrogens is 454 g/mol. The molecule has 0 fully saturated rings. The van der Waals surface area contributed by atoms with Crippen molar-refractivity contribution in [2.45, 2.75) is 51.9 Å². The molecule has 0 radical (unpaired) electrons. The lowest BCUT2D eigenvalue weighted by atomic mass is 9.80. The predicted octanol–water partition coefficient (Wildman–Crippen LogP) is 8.25. The third-order valence-corrected chi connectivity index (χ3v) is 8.08. The van der Waals surface area contributed by atoms with Gasteiger partial charge in [-0.1, -0.05) is 61.5 Å². The standard InChI is InChI=1S/C33H33N3O/c1-20(25-13-4-7-16-28(25)34-23-11-10-12-24(37)19-23)31(32-21(2)26-14-5-8-17-29(26)35-32)33-22(3)27-15-6-9-18-30(27)36-33/h4-9,13-20,31,34-36H,10-12H2,1-3H3. The van der Waals surface area contributed by atoms with Gasteiger partial charge >= 0.3 is 0 Å². The van der Waals surface area contributed by atoms with Crippen molar-refractivity contribution < 1.29 is 4.79 Å². The van der Waals surface area contributed by atoms with Crippen LogP contribution in [0.2, 0.25) is 0 Å². The van der Waals surface area contributed by atoms with Crippen LogP contribution in [0.4, 0.5) is 5.69 Å². The molecule has 2 heterocycles. The summed E-state index contributed by atoms with van der Waals surface area (Å²) < 4.78 is 0. The molecule has 1 aliphatic rings. The second-order valence-corrected chi connectivity index (χ2v) is 10.4. The Morgan fingerprint density at radius 2 is 1.32 bits per heavy atom. The molecule has 4 heteroatoms. The van der Waals surface area contributed by atoms with Crippen LogP contribution in [-0.4, -0.2) is 15.8 Å². The first kappa shape index (κ1) is 23.4. The van der Waals surface area contributed by atoms with Crippen LogP contribution in [0.1, 0.15) is 66.1 Å². The van der Waals surface area contributed by atoms with Gasteiger partial charge in [-0.05, 0) is 67.5 Å². The molecule has 0 aliphatic heterocycles. The maximum absolute atomic E-state index is 12.1. The molecule has 0 amide bonds. The summed E-state index contributed by atoms with van der Waals surface area (Å²) in [5, 5.41) is 6.15. The maximum atomic E-state index is 12.1. The van der Waals surface area contributed by atoms with Gasteiger partial charge < -0.3 is 15.3 Å². The van der Waals surface area contributed by atoms with Gasteiger partial charge in [-0.15, -0.1) is 0 Å². The first-order valence-corrected chi connectivity index (χ1v) is 13.2. The minimum atomic E-state index is 0.0877. The fourth-order valence-electron chi connectivity index (χ4n) is 6.12. The van der Waals surface area contributed by atoms with Crippen LogP contribution >= 0.6 is 0 Å². The quantitative estimate of drug-likeness (QED) is 0.226. The van der Waals surface area contributed by atoms with Crippen LogP contribution < -0.4 is 5.32 Å². The average Bonchev–Trinajstić information content (AvgIpc) is 3.42. The third kappa shape index (κ3) is 4.17. The monoisotopic (exact) mass is 487 g/mol. The zero-order chi connectivity index (χ0) is 25.5. The summed E-state index contributed by atoms with van der Waals surface area (Å²) in [6.45, 7) is 6.78. The van der Waals surface area contributed by atoms with Crippen molar-refractivity contribution in [3.05, 3.63) is 113 Å². The Kier molecular flexibility index (Phi) is 5.96. The fourth-order valence-corrected chi connectivity index (χ4v) is 6.12. The summed E-state index contributed by atoms with van der Waals surface area (Å²) in [5.74, 6) is 0.450. The normalized spacial score (nSPS) is 14.9. The smallest absolute Gasteiger partial charge is 0.157 e. The van der Waals surface area contributed by atoms with E-state index >= 15 is 0 Å². The molecule has 0 saturated heterocycles. The molecule has 3 N–H and O–H groups in total. The molecule has 0 spiro atoms. The summed E-state index contributed by atoms with van der Waals surface area (Å²) in [4.78, 5) is 19.7. The van der Waals surface area contributed by atoms with Gasteiger partial charge in [0.05, 0.1) is 0 Å². The number of aromatic amines is 2. The first-order valence-electron chi connectivity index (χ1n) is 13.2. The van der Waals surface area contributed by atoms with Crippen molar-refractivity contribution >= 4 is 33.3 Å². The van der Waals surface area contributed by atoms with Crippen LogP contribution in [0.3, 0.4) is 0 Å². The van der Waals surface area contributed by atoms with E-state index in [1.165, 1.54) is 49.9 Å². The second-order valence-electron chi connectivity index (χ2n) is 10.4. The van der Waals surface area contributed by atoms with Crippen molar-refractivity contribution in [3.63, 3.8) is 0 Å². The lowest BCUT2D eigenvalue weighted by Crippen LogP contribution is -2.16. The van der Waals surface area contributed by atoms with Gasteiger partial charge in [0.2, 0.25) is 0 Å². The SMILES string of the molecule is Cc1c(C(c2[nH]c3ccccc3c2C)C(C)c2ccccc2NC2=CC(=O)CCC2)[nH]c2ccccc12. The van der Waals surface area contributed by atoms with Crippen molar-refractivity contribution in [1.82, 2.24) is 9.97 Å². The van der Waals surface area contributed by atoms with Crippen LogP contribution in [0.15, 0.2) is 84.6 Å². The van der Waals surface area contributed by atoms with Crippen molar-refractivity contribution in [2.24, 2.45) is 0 Å². The van der Waals surface area contributed by atoms with E-state index in [1.807, 2.05) is 0 Å². The zero-order valence-corrected chi connectivity index (χ0v) is 21.7. The highest BCUT2D eigenvalue weighted by Crippen LogP contribution is 2.45. The summed E-state index contributed by atoms with van der Waals surface area (Å²) in [7, 11) is 0. The number of carbonyl (C=O) groups excluding carboxylic acids is 1. The van der Waals surface area contributed by atoms with Crippen LogP contribution in [0.25, 0.3) is 21.8 Å². The summed E-state index contributed by atoms with van der Waals surface area (Å²) in [6, 6.07) is 25.7. The molecule has 2 aromatic heterocycles. The minimum Gasteiger partial charge on any atom is -0.359 e. The second kappa shape index (κ2) is 9.44. The molecule has 1 atom stereocenters. The van der Waals surface area contributed by atoms with Gasteiger partial charge in [0.15, 0.2) is 5.78 Å². The Balaban J connectivity index is 1.51. The number of nitrogens with one attached hydrogen (secondary N) is 3. The number of rotatable bonds is 6. The Hall–Kier alpha value is -4.05. The molecule has 4 nitrogen and oxygen atoms in total. The highest BCUT2D eigenvalue weighted by molar-refractivity contribution is 5.92. The maximum Gasteiger partial charge on any atom is 0.157 e. The Morgan fingerprint density at radius 1 is 0.757 bits per heavy atom. The summed E-state index contributed by atoms with van der Waals surface area (Å²) in [6.07, 6.45) is 4.23. The number of fused-ring (bicyclic) bond motifs is 2. The number of allylic oxidation sites excluding steroid dienone is 2. The van der Waals surface area contributed by atoms with Crippen LogP contribution in [-0.2, 0) is 4.79 Å². The number of H-pyrrole nitrogens is 2. The predicted molar refractivity (Wildman–Crippen MR) is 153 cm³/mol. The van der Waals surface area contributed by atoms with Gasteiger partial charge in [0, 0.05) is 63.0 Å². The Labute approximate surface area is 217 Å². The molecule has 0 bridgehead atoms. The van der Waals surface area contributed by atoms with Gasteiger partial charge in [-0.2, -0.15) is 0 Å². The number of aromatic nitrogens is 2. The van der Waals surface area contributed by atoms with E-state index < -0.39 is 0 Å². The zero-order valence-electron chi connectivity index (χ0n) is 21.7. The molecule has 0 saturated carbocycles. The number of anilines is 1. The highest BCUT2D eigenvalue weighted by atomic mass is 16.1. The molecule has 1 aliphatic carbocycles. The number of carbonyl (C=O) groups is 1. The molecule has 186 valence electrons. The number of ketones is 1. The van der Waals surface area contributed by atoms with E-state index in [4.69, 9.17) is 0 Å². The topological polar surface area (TPSA) is 60.7 Å². The number of aryl methyl sites for hydroxylation is 2. The minimum absolute atomic E-state index is 0.0877. The lowest BCUT2D eigenvalue weighted by Gasteiger charge is -2.28. The molecule has 37 heavy (non-hydrogen) atoms. The largest absolute Gasteiger partial charge is 0.359 e. The Morgan fingerprint density at radius 3 is 1.92 bits per heavy atom. The van der Waals surface area contributed by atoms with Gasteiger partial charge in [0.1, 0.15) is 0 Å². The van der Waals surface area contributed by atoms with E-state index in [1.54, 1.807) is 6.08 Å². The molecule has 3 aromatic carbocycles. The first-order chi connectivity index (χ1) is 18.0. The van der Waals surface area contributed by atoms with Crippen molar-refractivity contribution in [1.29, 1.82) is 0 Å². The highest BCUT2D eigenvalue weighted by Gasteiger charge is 2.31. The molecule has 1 unspecified atom stereocenters. The third-order valence-electron chi connectivity index (χ3n) is 8.08. The molecular formula is C33H33N3O. The summed E-state index contributed by atoms with van der Waals surface area (Å²) >= 11 is 0. The Bertz CT molecular complexity index is 1570. The summed E-state index contributed by atoms with van der Waals surface area (Å²) in [5.41, 5.74) is 10.7. The number of para-hydroxylation sites is 3. The fraction of sp³-hybridized carbons (Fsp3) is 0.242. The van der Waals surface area contributed by atoms with Gasteiger partial charge in [-0.3, -0.25) is 4.79 Å². The van der Waals surface area contributed by atoms with Gasteiger partial charge in [0.25, 0.3) is 0 Å². The van der Waals surface area contributed by atoms with Crippen LogP contribution in [0.5, 0.6) is 0 Å². The van der Waals surface area contributed by atoms with Crippen molar-refractivity contribution in [3.8, 4) is 0 Å². The number of hydrogen-bond donors (Lipinski definition) is 3.